The second-order valence-electron chi connectivity index (χ2n) is 3.14. The molecule has 1 rings (SSSR count). The molecule has 1 aliphatic rings. The Morgan fingerprint density at radius 3 is 2.79 bits per heavy atom. The van der Waals surface area contributed by atoms with E-state index in [1.54, 1.807) is 0 Å². The second kappa shape index (κ2) is 6.22. The molecule has 1 heterocycles. The van der Waals surface area contributed by atoms with Gasteiger partial charge in [0.05, 0.1) is 5.75 Å². The first kappa shape index (κ1) is 12.6. The first-order valence-corrected chi connectivity index (χ1v) is 8.40. The van der Waals surface area contributed by atoms with Crippen LogP contribution in [-0.2, 0) is 10.0 Å². The van der Waals surface area contributed by atoms with E-state index in [0.29, 0.717) is 11.8 Å². The SMILES string of the molecule is NS(=O)(=O)CCNCC1CSCCS1. The Kier molecular flexibility index (Phi) is 5.61. The summed E-state index contributed by atoms with van der Waals surface area (Å²) in [4.78, 5) is 0. The highest BCUT2D eigenvalue weighted by Crippen LogP contribution is 2.23. The summed E-state index contributed by atoms with van der Waals surface area (Å²) in [5.74, 6) is 3.62. The number of primary sulfonamides is 1. The largest absolute Gasteiger partial charge is 0.315 e. The molecule has 1 unspecified atom stereocenters. The van der Waals surface area contributed by atoms with Gasteiger partial charge in [-0.1, -0.05) is 0 Å². The van der Waals surface area contributed by atoms with Crippen LogP contribution in [0.5, 0.6) is 0 Å². The van der Waals surface area contributed by atoms with Crippen molar-refractivity contribution in [2.24, 2.45) is 5.14 Å². The van der Waals surface area contributed by atoms with Gasteiger partial charge in [-0.3, -0.25) is 0 Å². The molecular formula is C7H16N2O2S3. The molecule has 1 saturated heterocycles. The van der Waals surface area contributed by atoms with E-state index in [1.165, 1.54) is 11.5 Å². The van der Waals surface area contributed by atoms with Gasteiger partial charge in [-0.25, -0.2) is 13.6 Å². The first-order valence-electron chi connectivity index (χ1n) is 4.48. The minimum absolute atomic E-state index is 0.0253. The van der Waals surface area contributed by atoms with Crippen LogP contribution >= 0.6 is 23.5 Å². The highest BCUT2D eigenvalue weighted by atomic mass is 32.2. The van der Waals surface area contributed by atoms with Crippen molar-refractivity contribution in [3.05, 3.63) is 0 Å². The van der Waals surface area contributed by atoms with Crippen molar-refractivity contribution in [2.45, 2.75) is 5.25 Å². The average molecular weight is 256 g/mol. The fraction of sp³-hybridized carbons (Fsp3) is 1.00. The number of nitrogens with one attached hydrogen (secondary N) is 1. The third kappa shape index (κ3) is 6.13. The van der Waals surface area contributed by atoms with Gasteiger partial charge in [-0.2, -0.15) is 23.5 Å². The Morgan fingerprint density at radius 2 is 2.21 bits per heavy atom. The molecule has 3 N–H and O–H groups in total. The maximum Gasteiger partial charge on any atom is 0.210 e. The summed E-state index contributed by atoms with van der Waals surface area (Å²) >= 11 is 3.92. The van der Waals surface area contributed by atoms with Gasteiger partial charge >= 0.3 is 0 Å². The quantitative estimate of drug-likeness (QED) is 0.662. The fourth-order valence-electron chi connectivity index (χ4n) is 1.13. The Balaban J connectivity index is 2.03. The van der Waals surface area contributed by atoms with E-state index < -0.39 is 10.0 Å². The van der Waals surface area contributed by atoms with Crippen molar-refractivity contribution in [1.29, 1.82) is 0 Å². The molecular weight excluding hydrogens is 240 g/mol. The van der Waals surface area contributed by atoms with Crippen LogP contribution in [-0.4, -0.2) is 49.8 Å². The van der Waals surface area contributed by atoms with Crippen molar-refractivity contribution in [3.8, 4) is 0 Å². The van der Waals surface area contributed by atoms with Crippen molar-refractivity contribution in [1.82, 2.24) is 5.32 Å². The molecule has 1 aliphatic heterocycles. The van der Waals surface area contributed by atoms with Crippen molar-refractivity contribution < 1.29 is 8.42 Å². The molecule has 0 radical (unpaired) electrons. The van der Waals surface area contributed by atoms with E-state index in [0.717, 1.165) is 12.3 Å². The second-order valence-corrected chi connectivity index (χ2v) is 7.43. The van der Waals surface area contributed by atoms with Crippen LogP contribution in [0.3, 0.4) is 0 Å². The summed E-state index contributed by atoms with van der Waals surface area (Å²) in [6.07, 6.45) is 0. The molecule has 84 valence electrons. The summed E-state index contributed by atoms with van der Waals surface area (Å²) in [6.45, 7) is 1.34. The van der Waals surface area contributed by atoms with Crippen LogP contribution in [0, 0.1) is 0 Å². The van der Waals surface area contributed by atoms with Crippen LogP contribution in [0.2, 0.25) is 0 Å². The Bertz CT molecular complexity index is 250. The van der Waals surface area contributed by atoms with Crippen LogP contribution in [0.1, 0.15) is 0 Å². The lowest BCUT2D eigenvalue weighted by molar-refractivity contribution is 0.592. The standard InChI is InChI=1S/C7H16N2O2S3/c8-14(10,11)4-1-9-5-7-6-12-2-3-13-7/h7,9H,1-6H2,(H2,8,10,11). The van der Waals surface area contributed by atoms with Gasteiger partial charge in [-0.15, -0.1) is 0 Å². The topological polar surface area (TPSA) is 72.2 Å². The Labute approximate surface area is 93.8 Å². The molecule has 0 aromatic carbocycles. The lowest BCUT2D eigenvalue weighted by Crippen LogP contribution is -2.33. The third-order valence-electron chi connectivity index (χ3n) is 1.82. The van der Waals surface area contributed by atoms with Gasteiger partial charge < -0.3 is 5.32 Å². The lowest BCUT2D eigenvalue weighted by Gasteiger charge is -2.20. The highest BCUT2D eigenvalue weighted by molar-refractivity contribution is 8.06. The van der Waals surface area contributed by atoms with E-state index in [2.05, 4.69) is 5.32 Å². The smallest absolute Gasteiger partial charge is 0.210 e. The van der Waals surface area contributed by atoms with Gasteiger partial charge in [0.25, 0.3) is 0 Å². The van der Waals surface area contributed by atoms with Crippen molar-refractivity contribution >= 4 is 33.5 Å². The predicted molar refractivity (Wildman–Crippen MR) is 64.4 cm³/mol. The molecule has 0 aromatic rings. The number of hydrogen-bond donors (Lipinski definition) is 2. The molecule has 0 spiro atoms. The molecule has 0 aromatic heterocycles. The summed E-state index contributed by atoms with van der Waals surface area (Å²) < 4.78 is 21.2. The zero-order valence-electron chi connectivity index (χ0n) is 7.94. The summed E-state index contributed by atoms with van der Waals surface area (Å²) in [5, 5.41) is 8.62. The Morgan fingerprint density at radius 1 is 1.43 bits per heavy atom. The number of sulfonamides is 1. The molecule has 0 aliphatic carbocycles. The minimum Gasteiger partial charge on any atom is -0.315 e. The summed E-state index contributed by atoms with van der Waals surface area (Å²) in [5.41, 5.74) is 0. The summed E-state index contributed by atoms with van der Waals surface area (Å²) in [7, 11) is -3.30. The number of rotatable bonds is 5. The van der Waals surface area contributed by atoms with Crippen LogP contribution < -0.4 is 10.5 Å². The zero-order valence-corrected chi connectivity index (χ0v) is 10.4. The average Bonchev–Trinajstić information content (AvgIpc) is 2.13. The van der Waals surface area contributed by atoms with E-state index in [1.807, 2.05) is 23.5 Å². The molecule has 0 amide bonds. The van der Waals surface area contributed by atoms with Crippen molar-refractivity contribution in [2.75, 3.05) is 36.1 Å². The van der Waals surface area contributed by atoms with Gasteiger partial charge in [0.15, 0.2) is 0 Å². The van der Waals surface area contributed by atoms with E-state index in [4.69, 9.17) is 5.14 Å². The van der Waals surface area contributed by atoms with E-state index in [9.17, 15) is 8.42 Å². The van der Waals surface area contributed by atoms with E-state index >= 15 is 0 Å². The highest BCUT2D eigenvalue weighted by Gasteiger charge is 2.13. The molecule has 1 fully saturated rings. The molecule has 7 heteroatoms. The lowest BCUT2D eigenvalue weighted by atomic mass is 10.4. The number of nitrogens with two attached hydrogens (primary N) is 1. The Hall–Kier alpha value is 0.570. The maximum absolute atomic E-state index is 10.6. The van der Waals surface area contributed by atoms with Crippen LogP contribution in [0.25, 0.3) is 0 Å². The van der Waals surface area contributed by atoms with Gasteiger partial charge in [0.2, 0.25) is 10.0 Å². The maximum atomic E-state index is 10.6. The molecule has 14 heavy (non-hydrogen) atoms. The van der Waals surface area contributed by atoms with Crippen LogP contribution in [0.4, 0.5) is 0 Å². The van der Waals surface area contributed by atoms with Crippen LogP contribution in [0.15, 0.2) is 0 Å². The van der Waals surface area contributed by atoms with E-state index in [-0.39, 0.29) is 5.75 Å². The first-order chi connectivity index (χ1) is 6.58. The minimum atomic E-state index is -3.30. The molecule has 0 bridgehead atoms. The molecule has 0 saturated carbocycles. The normalized spacial score (nSPS) is 23.6. The molecule has 4 nitrogen and oxygen atoms in total. The predicted octanol–water partition coefficient (Wildman–Crippen LogP) is -0.287. The fourth-order valence-corrected chi connectivity index (χ4v) is 4.21. The van der Waals surface area contributed by atoms with Gasteiger partial charge in [-0.05, 0) is 0 Å². The molecule has 1 atom stereocenters. The van der Waals surface area contributed by atoms with Gasteiger partial charge in [0.1, 0.15) is 0 Å². The third-order valence-corrected chi connectivity index (χ3v) is 5.44. The van der Waals surface area contributed by atoms with Gasteiger partial charge in [0, 0.05) is 35.6 Å². The number of hydrogen-bond acceptors (Lipinski definition) is 5. The monoisotopic (exact) mass is 256 g/mol. The summed E-state index contributed by atoms with van der Waals surface area (Å²) in [6, 6.07) is 0. The number of thioether (sulfide) groups is 2. The van der Waals surface area contributed by atoms with Crippen molar-refractivity contribution in [3.63, 3.8) is 0 Å². The zero-order chi connectivity index (χ0) is 10.4.